The molecule has 0 saturated heterocycles. The van der Waals surface area contributed by atoms with Gasteiger partial charge in [-0.25, -0.2) is 0 Å². The van der Waals surface area contributed by atoms with Crippen molar-refractivity contribution in [2.45, 2.75) is 39.3 Å². The maximum absolute atomic E-state index is 13.0. The molecule has 3 rings (SSSR count). The lowest BCUT2D eigenvalue weighted by Gasteiger charge is -2.26. The third kappa shape index (κ3) is 5.90. The second-order valence-corrected chi connectivity index (χ2v) is 7.92. The standard InChI is InChI=1S/C24H30N2O5/c1-15(2)24(18-7-10-21-22(13-18)31-12-11-30-21)26-23(28)14-20(25-16(3)27)17-5-8-19(29-4)9-6-17/h5-10,13,15,20,24H,11-12,14H2,1-4H3,(H,25,27)(H,26,28). The molecule has 7 nitrogen and oxygen atoms in total. The van der Waals surface area contributed by atoms with E-state index in [1.807, 2.05) is 42.5 Å². The van der Waals surface area contributed by atoms with Crippen LogP contribution in [0.1, 0.15) is 50.4 Å². The molecule has 0 saturated carbocycles. The fraction of sp³-hybridized carbons (Fsp3) is 0.417. The summed E-state index contributed by atoms with van der Waals surface area (Å²) < 4.78 is 16.5. The second kappa shape index (κ2) is 10.2. The third-order valence-corrected chi connectivity index (χ3v) is 5.19. The van der Waals surface area contributed by atoms with Crippen LogP contribution in [0.2, 0.25) is 0 Å². The molecule has 2 aromatic carbocycles. The molecule has 2 atom stereocenters. The van der Waals surface area contributed by atoms with E-state index in [1.165, 1.54) is 6.92 Å². The molecule has 0 spiro atoms. The first kappa shape index (κ1) is 22.5. The molecular weight excluding hydrogens is 396 g/mol. The molecule has 0 aliphatic carbocycles. The number of hydrogen-bond acceptors (Lipinski definition) is 5. The van der Waals surface area contributed by atoms with Gasteiger partial charge in [0.1, 0.15) is 19.0 Å². The second-order valence-electron chi connectivity index (χ2n) is 7.92. The van der Waals surface area contributed by atoms with Crippen LogP contribution in [0.5, 0.6) is 17.2 Å². The summed E-state index contributed by atoms with van der Waals surface area (Å²) in [5.41, 5.74) is 1.79. The average Bonchev–Trinajstić information content (AvgIpc) is 2.76. The molecule has 1 heterocycles. The number of amides is 2. The van der Waals surface area contributed by atoms with Gasteiger partial charge in [0.05, 0.1) is 25.6 Å². The first-order valence-corrected chi connectivity index (χ1v) is 10.5. The molecule has 31 heavy (non-hydrogen) atoms. The molecule has 0 bridgehead atoms. The van der Waals surface area contributed by atoms with E-state index in [0.29, 0.717) is 30.5 Å². The van der Waals surface area contributed by atoms with E-state index in [0.717, 1.165) is 11.1 Å². The summed E-state index contributed by atoms with van der Waals surface area (Å²) in [5, 5.41) is 5.99. The highest BCUT2D eigenvalue weighted by Gasteiger charge is 2.24. The smallest absolute Gasteiger partial charge is 0.222 e. The van der Waals surface area contributed by atoms with Crippen LogP contribution in [-0.4, -0.2) is 32.1 Å². The Morgan fingerprint density at radius 3 is 2.23 bits per heavy atom. The Morgan fingerprint density at radius 2 is 1.61 bits per heavy atom. The fourth-order valence-electron chi connectivity index (χ4n) is 3.64. The molecule has 0 aromatic heterocycles. The number of ether oxygens (including phenoxy) is 3. The lowest BCUT2D eigenvalue weighted by molar-refractivity contribution is -0.123. The van der Waals surface area contributed by atoms with Crippen molar-refractivity contribution in [2.75, 3.05) is 20.3 Å². The number of rotatable bonds is 8. The summed E-state index contributed by atoms with van der Waals surface area (Å²) in [6.07, 6.45) is 0.125. The highest BCUT2D eigenvalue weighted by Crippen LogP contribution is 2.34. The zero-order chi connectivity index (χ0) is 22.4. The van der Waals surface area contributed by atoms with Gasteiger partial charge in [0.25, 0.3) is 0 Å². The molecule has 0 fully saturated rings. The van der Waals surface area contributed by atoms with Crippen LogP contribution < -0.4 is 24.8 Å². The monoisotopic (exact) mass is 426 g/mol. The Labute approximate surface area is 183 Å². The van der Waals surface area contributed by atoms with Crippen LogP contribution in [0.15, 0.2) is 42.5 Å². The number of benzene rings is 2. The lowest BCUT2D eigenvalue weighted by Crippen LogP contribution is -2.36. The molecule has 1 aliphatic heterocycles. The molecule has 0 radical (unpaired) electrons. The lowest BCUT2D eigenvalue weighted by atomic mass is 9.94. The van der Waals surface area contributed by atoms with Gasteiger partial charge in [-0.3, -0.25) is 9.59 Å². The number of carbonyl (C=O) groups excluding carboxylic acids is 2. The van der Waals surface area contributed by atoms with Gasteiger partial charge < -0.3 is 24.8 Å². The molecular formula is C24H30N2O5. The minimum atomic E-state index is -0.434. The van der Waals surface area contributed by atoms with E-state index < -0.39 is 6.04 Å². The maximum atomic E-state index is 13.0. The first-order valence-electron chi connectivity index (χ1n) is 10.5. The van der Waals surface area contributed by atoms with E-state index in [-0.39, 0.29) is 30.2 Å². The Bertz CT molecular complexity index is 911. The molecule has 166 valence electrons. The Morgan fingerprint density at radius 1 is 0.968 bits per heavy atom. The number of methoxy groups -OCH3 is 1. The highest BCUT2D eigenvalue weighted by molar-refractivity contribution is 5.79. The van der Waals surface area contributed by atoms with E-state index in [1.54, 1.807) is 7.11 Å². The van der Waals surface area contributed by atoms with Gasteiger partial charge in [-0.1, -0.05) is 32.0 Å². The van der Waals surface area contributed by atoms with E-state index >= 15 is 0 Å². The molecule has 2 aromatic rings. The minimum absolute atomic E-state index is 0.125. The summed E-state index contributed by atoms with van der Waals surface area (Å²) >= 11 is 0. The summed E-state index contributed by atoms with van der Waals surface area (Å²) in [4.78, 5) is 24.7. The van der Waals surface area contributed by atoms with Crippen LogP contribution >= 0.6 is 0 Å². The van der Waals surface area contributed by atoms with Crippen molar-refractivity contribution in [1.29, 1.82) is 0 Å². The summed E-state index contributed by atoms with van der Waals surface area (Å²) in [5.74, 6) is 1.94. The summed E-state index contributed by atoms with van der Waals surface area (Å²) in [7, 11) is 1.59. The number of nitrogens with one attached hydrogen (secondary N) is 2. The predicted molar refractivity (Wildman–Crippen MR) is 117 cm³/mol. The SMILES string of the molecule is COc1ccc(C(CC(=O)NC(c2ccc3c(c2)OCCO3)C(C)C)NC(C)=O)cc1. The van der Waals surface area contributed by atoms with Crippen molar-refractivity contribution < 1.29 is 23.8 Å². The third-order valence-electron chi connectivity index (χ3n) is 5.19. The van der Waals surface area contributed by atoms with Gasteiger partial charge in [-0.05, 0) is 41.3 Å². The van der Waals surface area contributed by atoms with Crippen LogP contribution in [0.4, 0.5) is 0 Å². The van der Waals surface area contributed by atoms with Gasteiger partial charge in [-0.2, -0.15) is 0 Å². The topological polar surface area (TPSA) is 85.9 Å². The van der Waals surface area contributed by atoms with Gasteiger partial charge >= 0.3 is 0 Å². The zero-order valence-electron chi connectivity index (χ0n) is 18.4. The predicted octanol–water partition coefficient (Wildman–Crippen LogP) is 3.55. The van der Waals surface area contributed by atoms with Crippen LogP contribution in [-0.2, 0) is 9.59 Å². The molecule has 2 amide bonds. The summed E-state index contributed by atoms with van der Waals surface area (Å²) in [6.45, 7) is 6.59. The van der Waals surface area contributed by atoms with Crippen LogP contribution in [0.3, 0.4) is 0 Å². The number of fused-ring (bicyclic) bond motifs is 1. The first-order chi connectivity index (χ1) is 14.9. The molecule has 7 heteroatoms. The molecule has 2 N–H and O–H groups in total. The Kier molecular flexibility index (Phi) is 7.39. The van der Waals surface area contributed by atoms with Gasteiger partial charge in [0.2, 0.25) is 11.8 Å². The Balaban J connectivity index is 1.74. The number of hydrogen-bond donors (Lipinski definition) is 2. The van der Waals surface area contributed by atoms with Crippen molar-refractivity contribution in [3.63, 3.8) is 0 Å². The fourth-order valence-corrected chi connectivity index (χ4v) is 3.64. The maximum Gasteiger partial charge on any atom is 0.222 e. The van der Waals surface area contributed by atoms with Crippen molar-refractivity contribution in [3.05, 3.63) is 53.6 Å². The van der Waals surface area contributed by atoms with Gasteiger partial charge in [-0.15, -0.1) is 0 Å². The zero-order valence-corrected chi connectivity index (χ0v) is 18.4. The number of carbonyl (C=O) groups is 2. The molecule has 2 unspecified atom stereocenters. The van der Waals surface area contributed by atoms with Gasteiger partial charge in [0.15, 0.2) is 11.5 Å². The van der Waals surface area contributed by atoms with Crippen molar-refractivity contribution in [2.24, 2.45) is 5.92 Å². The van der Waals surface area contributed by atoms with E-state index in [9.17, 15) is 9.59 Å². The van der Waals surface area contributed by atoms with E-state index in [4.69, 9.17) is 14.2 Å². The van der Waals surface area contributed by atoms with E-state index in [2.05, 4.69) is 24.5 Å². The molecule has 1 aliphatic rings. The van der Waals surface area contributed by atoms with Crippen LogP contribution in [0.25, 0.3) is 0 Å². The normalized spacial score (nSPS) is 14.5. The van der Waals surface area contributed by atoms with Gasteiger partial charge in [0, 0.05) is 6.92 Å². The highest BCUT2D eigenvalue weighted by atomic mass is 16.6. The minimum Gasteiger partial charge on any atom is -0.497 e. The quantitative estimate of drug-likeness (QED) is 0.674. The van der Waals surface area contributed by atoms with Crippen molar-refractivity contribution >= 4 is 11.8 Å². The average molecular weight is 427 g/mol. The Hall–Kier alpha value is -3.22. The van der Waals surface area contributed by atoms with Crippen molar-refractivity contribution in [1.82, 2.24) is 10.6 Å². The van der Waals surface area contributed by atoms with Crippen molar-refractivity contribution in [3.8, 4) is 17.2 Å². The van der Waals surface area contributed by atoms with Crippen LogP contribution in [0, 0.1) is 5.92 Å². The summed E-state index contributed by atoms with van der Waals surface area (Å²) in [6, 6.07) is 12.5. The largest absolute Gasteiger partial charge is 0.497 e.